The van der Waals surface area contributed by atoms with Crippen LogP contribution in [-0.2, 0) is 0 Å². The Bertz CT molecular complexity index is 763. The number of hydrogen-bond donors (Lipinski definition) is 4. The average molecular weight is 276 g/mol. The van der Waals surface area contributed by atoms with Gasteiger partial charge in [-0.2, -0.15) is 0 Å². The number of rotatable bonds is 3. The molecule has 0 atom stereocenters. The highest BCUT2D eigenvalue weighted by Crippen LogP contribution is 2.08. The lowest BCUT2D eigenvalue weighted by Gasteiger charge is -2.05. The number of aromatic amines is 2. The summed E-state index contributed by atoms with van der Waals surface area (Å²) in [4.78, 5) is 52.3. The van der Waals surface area contributed by atoms with Gasteiger partial charge in [-0.05, 0) is 12.1 Å². The Kier molecular flexibility index (Phi) is 3.42. The van der Waals surface area contributed by atoms with Crippen molar-refractivity contribution in [2.75, 3.05) is 5.32 Å². The highest BCUT2D eigenvalue weighted by Gasteiger charge is 2.10. The smallest absolute Gasteiger partial charge is 0.354 e. The molecule has 0 bridgehead atoms. The Hall–Kier alpha value is -3.23. The Morgan fingerprint density at radius 2 is 1.95 bits per heavy atom. The number of carbonyl (C=O) groups excluding carboxylic acids is 1. The molecule has 0 fully saturated rings. The molecule has 2 aromatic rings. The summed E-state index contributed by atoms with van der Waals surface area (Å²) in [6.45, 7) is 0. The van der Waals surface area contributed by atoms with E-state index in [0.717, 1.165) is 12.1 Å². The molecule has 102 valence electrons. The third kappa shape index (κ3) is 2.96. The number of aromatic nitrogens is 3. The summed E-state index contributed by atoms with van der Waals surface area (Å²) < 4.78 is 0. The third-order valence-electron chi connectivity index (χ3n) is 2.24. The zero-order valence-corrected chi connectivity index (χ0v) is 9.84. The first kappa shape index (κ1) is 13.2. The van der Waals surface area contributed by atoms with Gasteiger partial charge in [0.1, 0.15) is 11.4 Å². The molecule has 2 aromatic heterocycles. The van der Waals surface area contributed by atoms with Crippen molar-refractivity contribution in [3.05, 3.63) is 56.6 Å². The van der Waals surface area contributed by atoms with Crippen molar-refractivity contribution in [3.8, 4) is 0 Å². The lowest BCUT2D eigenvalue weighted by molar-refractivity contribution is 0.0690. The maximum atomic E-state index is 11.8. The Morgan fingerprint density at radius 1 is 1.20 bits per heavy atom. The summed E-state index contributed by atoms with van der Waals surface area (Å²) in [5.74, 6) is -2.00. The van der Waals surface area contributed by atoms with Gasteiger partial charge in [0.05, 0.1) is 0 Å². The van der Waals surface area contributed by atoms with Crippen molar-refractivity contribution in [2.24, 2.45) is 0 Å². The van der Waals surface area contributed by atoms with Gasteiger partial charge in [-0.3, -0.25) is 14.6 Å². The fourth-order valence-corrected chi connectivity index (χ4v) is 1.41. The average Bonchev–Trinajstić information content (AvgIpc) is 2.37. The van der Waals surface area contributed by atoms with Crippen LogP contribution in [0.4, 0.5) is 5.69 Å². The molecular formula is C11H8N4O5. The van der Waals surface area contributed by atoms with Gasteiger partial charge in [0.25, 0.3) is 11.5 Å². The van der Waals surface area contributed by atoms with Gasteiger partial charge in [0, 0.05) is 18.0 Å². The first-order valence-corrected chi connectivity index (χ1v) is 5.30. The highest BCUT2D eigenvalue weighted by molar-refractivity contribution is 6.03. The number of carboxylic acids is 1. The van der Waals surface area contributed by atoms with E-state index in [-0.39, 0.29) is 17.1 Å². The molecule has 2 heterocycles. The van der Waals surface area contributed by atoms with Crippen LogP contribution in [0.25, 0.3) is 0 Å². The van der Waals surface area contributed by atoms with Crippen LogP contribution in [0.5, 0.6) is 0 Å². The third-order valence-corrected chi connectivity index (χ3v) is 2.24. The second-order valence-corrected chi connectivity index (χ2v) is 3.69. The SMILES string of the molecule is O=C(O)c1cc(NC(=O)c2cc(=O)[nH]c(=O)[nH]2)ccn1. The standard InChI is InChI=1S/C11H8N4O5/c16-8-4-6(14-11(20)15-8)9(17)13-5-1-2-12-7(3-5)10(18)19/h1-4H,(H,18,19)(H,12,13,17)(H2,14,15,16,20). The molecule has 0 spiro atoms. The zero-order chi connectivity index (χ0) is 14.7. The molecule has 0 radical (unpaired) electrons. The van der Waals surface area contributed by atoms with Gasteiger partial charge < -0.3 is 15.4 Å². The van der Waals surface area contributed by atoms with E-state index in [9.17, 15) is 19.2 Å². The van der Waals surface area contributed by atoms with E-state index >= 15 is 0 Å². The van der Waals surface area contributed by atoms with Crippen LogP contribution in [-0.4, -0.2) is 31.9 Å². The van der Waals surface area contributed by atoms with Crippen molar-refractivity contribution in [3.63, 3.8) is 0 Å². The number of nitrogens with one attached hydrogen (secondary N) is 3. The molecule has 9 nitrogen and oxygen atoms in total. The number of amides is 1. The van der Waals surface area contributed by atoms with E-state index < -0.39 is 23.1 Å². The van der Waals surface area contributed by atoms with Gasteiger partial charge in [-0.25, -0.2) is 14.6 Å². The molecule has 0 saturated carbocycles. The van der Waals surface area contributed by atoms with Crippen molar-refractivity contribution in [1.29, 1.82) is 0 Å². The second kappa shape index (κ2) is 5.18. The number of H-pyrrole nitrogens is 2. The predicted octanol–water partition coefficient (Wildman–Crippen LogP) is -0.591. The Morgan fingerprint density at radius 3 is 2.60 bits per heavy atom. The second-order valence-electron chi connectivity index (χ2n) is 3.69. The van der Waals surface area contributed by atoms with Crippen molar-refractivity contribution in [2.45, 2.75) is 0 Å². The van der Waals surface area contributed by atoms with Crippen LogP contribution in [0.1, 0.15) is 21.0 Å². The number of anilines is 1. The molecule has 2 rings (SSSR count). The number of nitrogens with zero attached hydrogens (tertiary/aromatic N) is 1. The van der Waals surface area contributed by atoms with E-state index in [1.807, 2.05) is 4.98 Å². The van der Waals surface area contributed by atoms with E-state index in [1.165, 1.54) is 12.3 Å². The lowest BCUT2D eigenvalue weighted by Crippen LogP contribution is -2.27. The summed E-state index contributed by atoms with van der Waals surface area (Å²) in [6.07, 6.45) is 1.21. The van der Waals surface area contributed by atoms with Gasteiger partial charge >= 0.3 is 11.7 Å². The summed E-state index contributed by atoms with van der Waals surface area (Å²) in [6, 6.07) is 3.43. The number of carboxylic acid groups (broad SMARTS) is 1. The topological polar surface area (TPSA) is 145 Å². The quantitative estimate of drug-likeness (QED) is 0.589. The highest BCUT2D eigenvalue weighted by atomic mass is 16.4. The summed E-state index contributed by atoms with van der Waals surface area (Å²) >= 11 is 0. The molecule has 0 aliphatic heterocycles. The monoisotopic (exact) mass is 276 g/mol. The number of pyridine rings is 1. The van der Waals surface area contributed by atoms with Crippen LogP contribution in [0.15, 0.2) is 34.0 Å². The van der Waals surface area contributed by atoms with Crippen LogP contribution in [0, 0.1) is 0 Å². The van der Waals surface area contributed by atoms with Crippen LogP contribution >= 0.6 is 0 Å². The van der Waals surface area contributed by atoms with Gasteiger partial charge in [0.15, 0.2) is 0 Å². The summed E-state index contributed by atoms with van der Waals surface area (Å²) in [5.41, 5.74) is -1.86. The molecule has 9 heteroatoms. The van der Waals surface area contributed by atoms with Crippen molar-refractivity contribution < 1.29 is 14.7 Å². The normalized spacial score (nSPS) is 10.0. The minimum atomic E-state index is -1.24. The predicted molar refractivity (Wildman–Crippen MR) is 66.8 cm³/mol. The molecule has 1 amide bonds. The zero-order valence-electron chi connectivity index (χ0n) is 9.84. The minimum Gasteiger partial charge on any atom is -0.477 e. The van der Waals surface area contributed by atoms with E-state index in [4.69, 9.17) is 5.11 Å². The summed E-state index contributed by atoms with van der Waals surface area (Å²) in [7, 11) is 0. The number of carbonyl (C=O) groups is 2. The van der Waals surface area contributed by atoms with E-state index in [2.05, 4.69) is 15.3 Å². The van der Waals surface area contributed by atoms with Gasteiger partial charge in [-0.1, -0.05) is 0 Å². The van der Waals surface area contributed by atoms with Crippen molar-refractivity contribution in [1.82, 2.24) is 15.0 Å². The molecule has 4 N–H and O–H groups in total. The van der Waals surface area contributed by atoms with E-state index in [1.54, 1.807) is 0 Å². The maximum absolute atomic E-state index is 11.8. The minimum absolute atomic E-state index is 0.170. The molecule has 0 aromatic carbocycles. The molecule has 20 heavy (non-hydrogen) atoms. The van der Waals surface area contributed by atoms with Crippen LogP contribution in [0.2, 0.25) is 0 Å². The van der Waals surface area contributed by atoms with Crippen LogP contribution < -0.4 is 16.6 Å². The lowest BCUT2D eigenvalue weighted by atomic mass is 10.3. The molecule has 0 aliphatic carbocycles. The summed E-state index contributed by atoms with van der Waals surface area (Å²) in [5, 5.41) is 11.1. The first-order valence-electron chi connectivity index (χ1n) is 5.30. The van der Waals surface area contributed by atoms with Gasteiger partial charge in [-0.15, -0.1) is 0 Å². The number of aromatic carboxylic acids is 1. The Labute approximate surface area is 110 Å². The van der Waals surface area contributed by atoms with Crippen molar-refractivity contribution >= 4 is 17.6 Å². The van der Waals surface area contributed by atoms with Crippen LogP contribution in [0.3, 0.4) is 0 Å². The van der Waals surface area contributed by atoms with E-state index in [0.29, 0.717) is 0 Å². The molecular weight excluding hydrogens is 268 g/mol. The van der Waals surface area contributed by atoms with Gasteiger partial charge in [0.2, 0.25) is 0 Å². The molecule has 0 aliphatic rings. The first-order chi connectivity index (χ1) is 9.45. The fourth-order valence-electron chi connectivity index (χ4n) is 1.41. The fraction of sp³-hybridized carbons (Fsp3) is 0. The maximum Gasteiger partial charge on any atom is 0.354 e. The molecule has 0 saturated heterocycles. The Balaban J connectivity index is 2.27. The molecule has 0 unspecified atom stereocenters. The largest absolute Gasteiger partial charge is 0.477 e. The number of hydrogen-bond acceptors (Lipinski definition) is 5.